The predicted octanol–water partition coefficient (Wildman–Crippen LogP) is 5.88. The number of nitrogens with one attached hydrogen (secondary N) is 1. The molecule has 30 heavy (non-hydrogen) atoms. The predicted molar refractivity (Wildman–Crippen MR) is 107 cm³/mol. The second-order valence-electron chi connectivity index (χ2n) is 6.84. The van der Waals surface area contributed by atoms with E-state index in [0.29, 0.717) is 12.3 Å². The van der Waals surface area contributed by atoms with Gasteiger partial charge in [0.25, 0.3) is 0 Å². The van der Waals surface area contributed by atoms with E-state index in [1.165, 1.54) is 30.6 Å². The SMILES string of the molecule is O=C(Nc1cc(Oc2ccncc2)cc(C(F)(F)F)c1)N1CCCc2ccccc21. The lowest BCUT2D eigenvalue weighted by molar-refractivity contribution is -0.137. The first-order valence-electron chi connectivity index (χ1n) is 9.37. The number of anilines is 2. The maximum atomic E-state index is 13.4. The van der Waals surface area contributed by atoms with Crippen LogP contribution in [0.2, 0.25) is 0 Å². The minimum absolute atomic E-state index is 0.00179. The number of amides is 2. The third-order valence-corrected chi connectivity index (χ3v) is 4.73. The number of aromatic nitrogens is 1. The Morgan fingerprint density at radius 3 is 2.57 bits per heavy atom. The number of carbonyl (C=O) groups excluding carboxylic acids is 1. The summed E-state index contributed by atoms with van der Waals surface area (Å²) >= 11 is 0. The number of pyridine rings is 1. The van der Waals surface area contributed by atoms with Crippen molar-refractivity contribution in [3.8, 4) is 11.5 Å². The molecule has 1 N–H and O–H groups in total. The van der Waals surface area contributed by atoms with Crippen LogP contribution in [-0.2, 0) is 12.6 Å². The van der Waals surface area contributed by atoms with Crippen LogP contribution in [0.4, 0.5) is 29.3 Å². The van der Waals surface area contributed by atoms with Crippen molar-refractivity contribution in [1.29, 1.82) is 0 Å². The molecule has 2 heterocycles. The lowest BCUT2D eigenvalue weighted by Crippen LogP contribution is -2.38. The molecule has 0 radical (unpaired) electrons. The van der Waals surface area contributed by atoms with Crippen LogP contribution in [0, 0.1) is 0 Å². The fourth-order valence-electron chi connectivity index (χ4n) is 3.37. The number of alkyl halides is 3. The molecule has 0 bridgehead atoms. The Bertz CT molecular complexity index is 1050. The minimum Gasteiger partial charge on any atom is -0.457 e. The van der Waals surface area contributed by atoms with Crippen molar-refractivity contribution in [3.63, 3.8) is 0 Å². The first-order valence-corrected chi connectivity index (χ1v) is 9.37. The highest BCUT2D eigenvalue weighted by molar-refractivity contribution is 6.02. The lowest BCUT2D eigenvalue weighted by Gasteiger charge is -2.29. The van der Waals surface area contributed by atoms with Crippen molar-refractivity contribution in [2.75, 3.05) is 16.8 Å². The zero-order valence-corrected chi connectivity index (χ0v) is 15.8. The third-order valence-electron chi connectivity index (χ3n) is 4.73. The molecule has 2 amide bonds. The van der Waals surface area contributed by atoms with Crippen molar-refractivity contribution in [2.45, 2.75) is 19.0 Å². The highest BCUT2D eigenvalue weighted by Crippen LogP contribution is 2.36. The number of para-hydroxylation sites is 1. The summed E-state index contributed by atoms with van der Waals surface area (Å²) in [6, 6.07) is 13.2. The molecule has 0 aliphatic carbocycles. The number of carbonyl (C=O) groups is 1. The van der Waals surface area contributed by atoms with Crippen molar-refractivity contribution >= 4 is 17.4 Å². The van der Waals surface area contributed by atoms with E-state index in [1.54, 1.807) is 4.90 Å². The van der Waals surface area contributed by atoms with Gasteiger partial charge in [-0.3, -0.25) is 9.88 Å². The first-order chi connectivity index (χ1) is 14.4. The summed E-state index contributed by atoms with van der Waals surface area (Å²) in [5.74, 6) is 0.303. The molecule has 1 aromatic heterocycles. The quantitative estimate of drug-likeness (QED) is 0.584. The Morgan fingerprint density at radius 1 is 1.03 bits per heavy atom. The van der Waals surface area contributed by atoms with Gasteiger partial charge in [0.05, 0.1) is 5.56 Å². The molecule has 0 unspecified atom stereocenters. The molecule has 0 saturated carbocycles. The molecule has 1 aliphatic heterocycles. The van der Waals surface area contributed by atoms with Crippen LogP contribution >= 0.6 is 0 Å². The topological polar surface area (TPSA) is 54.5 Å². The van der Waals surface area contributed by atoms with E-state index >= 15 is 0 Å². The standard InChI is InChI=1S/C22H18F3N3O2/c23-22(24,25)16-12-17(14-19(13-16)30-18-7-9-26-10-8-18)27-21(29)28-11-3-5-15-4-1-2-6-20(15)28/h1-2,4,6-10,12-14H,3,5,11H2,(H,27,29). The average Bonchev–Trinajstić information content (AvgIpc) is 2.73. The van der Waals surface area contributed by atoms with E-state index in [4.69, 9.17) is 4.74 Å². The van der Waals surface area contributed by atoms with Gasteiger partial charge in [0.15, 0.2) is 0 Å². The van der Waals surface area contributed by atoms with Gasteiger partial charge in [0.1, 0.15) is 11.5 Å². The molecular weight excluding hydrogens is 395 g/mol. The van der Waals surface area contributed by atoms with Gasteiger partial charge in [-0.2, -0.15) is 13.2 Å². The van der Waals surface area contributed by atoms with Crippen LogP contribution in [0.25, 0.3) is 0 Å². The third kappa shape index (κ3) is 4.37. The number of hydrogen-bond acceptors (Lipinski definition) is 3. The van der Waals surface area contributed by atoms with E-state index in [0.717, 1.165) is 36.2 Å². The molecule has 154 valence electrons. The summed E-state index contributed by atoms with van der Waals surface area (Å²) in [7, 11) is 0. The van der Waals surface area contributed by atoms with Crippen LogP contribution in [-0.4, -0.2) is 17.6 Å². The summed E-state index contributed by atoms with van der Waals surface area (Å²) in [5.41, 5.74) is 0.886. The van der Waals surface area contributed by atoms with Crippen LogP contribution in [0.1, 0.15) is 17.5 Å². The Labute approximate surface area is 171 Å². The monoisotopic (exact) mass is 413 g/mol. The van der Waals surface area contributed by atoms with Gasteiger partial charge in [0, 0.05) is 36.4 Å². The smallest absolute Gasteiger partial charge is 0.416 e. The van der Waals surface area contributed by atoms with Gasteiger partial charge in [0.2, 0.25) is 0 Å². The largest absolute Gasteiger partial charge is 0.457 e. The molecule has 1 aliphatic rings. The molecular formula is C22H18F3N3O2. The number of hydrogen-bond donors (Lipinski definition) is 1. The molecule has 0 atom stereocenters. The van der Waals surface area contributed by atoms with Crippen molar-refractivity contribution in [2.24, 2.45) is 0 Å². The number of benzene rings is 2. The number of aryl methyl sites for hydroxylation is 1. The second-order valence-corrected chi connectivity index (χ2v) is 6.84. The first kappa shape index (κ1) is 19.8. The van der Waals surface area contributed by atoms with Gasteiger partial charge in [-0.05, 0) is 48.7 Å². The van der Waals surface area contributed by atoms with Crippen LogP contribution in [0.3, 0.4) is 0 Å². The van der Waals surface area contributed by atoms with E-state index in [1.807, 2.05) is 24.3 Å². The van der Waals surface area contributed by atoms with Gasteiger partial charge in [-0.1, -0.05) is 18.2 Å². The highest BCUT2D eigenvalue weighted by Gasteiger charge is 2.32. The summed E-state index contributed by atoms with van der Waals surface area (Å²) in [5, 5.41) is 2.59. The highest BCUT2D eigenvalue weighted by atomic mass is 19.4. The number of rotatable bonds is 3. The fraction of sp³-hybridized carbons (Fsp3) is 0.182. The maximum Gasteiger partial charge on any atom is 0.416 e. The summed E-state index contributed by atoms with van der Waals surface area (Å²) in [6.45, 7) is 0.488. The zero-order valence-electron chi connectivity index (χ0n) is 15.8. The fourth-order valence-corrected chi connectivity index (χ4v) is 3.37. The molecule has 5 nitrogen and oxygen atoms in total. The number of nitrogens with zero attached hydrogens (tertiary/aromatic N) is 2. The van der Waals surface area contributed by atoms with E-state index in [-0.39, 0.29) is 11.4 Å². The number of urea groups is 1. The van der Waals surface area contributed by atoms with Crippen molar-refractivity contribution < 1.29 is 22.7 Å². The lowest BCUT2D eigenvalue weighted by atomic mass is 10.0. The van der Waals surface area contributed by atoms with E-state index in [2.05, 4.69) is 10.3 Å². The summed E-state index contributed by atoms with van der Waals surface area (Å²) < 4.78 is 45.7. The van der Waals surface area contributed by atoms with Gasteiger partial charge in [-0.25, -0.2) is 4.79 Å². The Hall–Kier alpha value is -3.55. The average molecular weight is 413 g/mol. The molecule has 2 aromatic carbocycles. The van der Waals surface area contributed by atoms with Crippen LogP contribution in [0.5, 0.6) is 11.5 Å². The second kappa shape index (κ2) is 8.06. The van der Waals surface area contributed by atoms with Crippen molar-refractivity contribution in [3.05, 3.63) is 78.1 Å². The zero-order chi connectivity index (χ0) is 21.1. The Morgan fingerprint density at radius 2 is 1.80 bits per heavy atom. The molecule has 0 spiro atoms. The summed E-state index contributed by atoms with van der Waals surface area (Å²) in [4.78, 5) is 18.2. The maximum absolute atomic E-state index is 13.4. The van der Waals surface area contributed by atoms with Gasteiger partial charge >= 0.3 is 12.2 Å². The normalized spacial score (nSPS) is 13.5. The minimum atomic E-state index is -4.59. The number of ether oxygens (including phenoxy) is 1. The molecule has 8 heteroatoms. The Balaban J connectivity index is 1.62. The molecule has 0 fully saturated rings. The summed E-state index contributed by atoms with van der Waals surface area (Å²) in [6.07, 6.45) is -0.00939. The number of fused-ring (bicyclic) bond motifs is 1. The van der Waals surface area contributed by atoms with Crippen LogP contribution in [0.15, 0.2) is 67.0 Å². The van der Waals surface area contributed by atoms with E-state index in [9.17, 15) is 18.0 Å². The molecule has 0 saturated heterocycles. The molecule has 4 rings (SSSR count). The molecule has 3 aromatic rings. The van der Waals surface area contributed by atoms with Crippen LogP contribution < -0.4 is 15.0 Å². The van der Waals surface area contributed by atoms with Gasteiger partial charge in [-0.15, -0.1) is 0 Å². The Kier molecular flexibility index (Phi) is 5.31. The van der Waals surface area contributed by atoms with E-state index < -0.39 is 17.8 Å². The van der Waals surface area contributed by atoms with Gasteiger partial charge < -0.3 is 10.1 Å². The number of halogens is 3. The van der Waals surface area contributed by atoms with Crippen molar-refractivity contribution in [1.82, 2.24) is 4.98 Å².